The van der Waals surface area contributed by atoms with Gasteiger partial charge in [0.25, 0.3) is 11.5 Å². The number of amides is 1. The number of rotatable bonds is 6. The lowest BCUT2D eigenvalue weighted by atomic mass is 10.1. The lowest BCUT2D eigenvalue weighted by Gasteiger charge is -2.14. The number of anilines is 1. The summed E-state index contributed by atoms with van der Waals surface area (Å²) in [6.07, 6.45) is 0. The first kappa shape index (κ1) is 20.9. The van der Waals surface area contributed by atoms with E-state index in [-0.39, 0.29) is 11.3 Å². The lowest BCUT2D eigenvalue weighted by Crippen LogP contribution is -2.26. The highest BCUT2D eigenvalue weighted by molar-refractivity contribution is 6.11. The van der Waals surface area contributed by atoms with Gasteiger partial charge in [-0.15, -0.1) is 0 Å². The molecule has 0 saturated heterocycles. The van der Waals surface area contributed by atoms with Gasteiger partial charge in [0.15, 0.2) is 5.69 Å². The largest absolute Gasteiger partial charge is 0.497 e. The molecule has 1 aromatic heterocycles. The van der Waals surface area contributed by atoms with Crippen molar-refractivity contribution in [1.29, 1.82) is 0 Å². The van der Waals surface area contributed by atoms with Crippen molar-refractivity contribution in [2.24, 2.45) is 0 Å². The van der Waals surface area contributed by atoms with Crippen molar-refractivity contribution in [3.8, 4) is 22.9 Å². The molecule has 8 heteroatoms. The summed E-state index contributed by atoms with van der Waals surface area (Å²) in [5, 5.41) is 8.04. The molecule has 0 aliphatic heterocycles. The van der Waals surface area contributed by atoms with Crippen molar-refractivity contribution < 1.29 is 19.0 Å². The van der Waals surface area contributed by atoms with E-state index in [1.165, 1.54) is 18.9 Å². The maximum Gasteiger partial charge on any atom is 0.279 e. The van der Waals surface area contributed by atoms with Gasteiger partial charge in [-0.1, -0.05) is 24.3 Å². The van der Waals surface area contributed by atoms with E-state index < -0.39 is 5.91 Å². The first-order chi connectivity index (χ1) is 15.5. The van der Waals surface area contributed by atoms with Crippen LogP contribution >= 0.6 is 0 Å². The molecule has 1 amide bonds. The quantitative estimate of drug-likeness (QED) is 0.501. The number of nitrogens with zero attached hydrogens (tertiary/aromatic N) is 2. The lowest BCUT2D eigenvalue weighted by molar-refractivity contribution is 0.102. The molecule has 0 atom stereocenters. The van der Waals surface area contributed by atoms with Gasteiger partial charge in [0.1, 0.15) is 17.2 Å². The van der Waals surface area contributed by atoms with Crippen LogP contribution in [0.1, 0.15) is 10.5 Å². The number of benzene rings is 3. The number of carbonyl (C=O) groups is 1. The number of methoxy groups -OCH3 is 3. The summed E-state index contributed by atoms with van der Waals surface area (Å²) in [6, 6.07) is 18.8. The molecule has 1 heterocycles. The second-order valence-electron chi connectivity index (χ2n) is 6.83. The summed E-state index contributed by atoms with van der Waals surface area (Å²) in [5.74, 6) is 1.11. The number of hydrogen-bond donors (Lipinski definition) is 1. The molecule has 162 valence electrons. The summed E-state index contributed by atoms with van der Waals surface area (Å²) in [6.45, 7) is 0. The van der Waals surface area contributed by atoms with Gasteiger partial charge in [-0.05, 0) is 30.3 Å². The standard InChI is InChI=1S/C24H21N3O5/c1-30-16-8-6-7-15(13-16)27-24(29)19-10-5-4-9-18(19)22(26-27)23(28)25-20-12-11-17(31-2)14-21(20)32-3/h4-14H,1-3H3,(H,25,28). The maximum absolute atomic E-state index is 13.3. The molecule has 3 aromatic carbocycles. The SMILES string of the molecule is COc1cccc(-n2nc(C(=O)Nc3ccc(OC)cc3OC)c3ccccc3c2=O)c1. The molecule has 0 fully saturated rings. The van der Waals surface area contributed by atoms with Crippen LogP contribution in [0.4, 0.5) is 5.69 Å². The van der Waals surface area contributed by atoms with E-state index in [0.29, 0.717) is 39.4 Å². The van der Waals surface area contributed by atoms with E-state index in [1.807, 2.05) is 0 Å². The molecule has 0 aliphatic carbocycles. The zero-order chi connectivity index (χ0) is 22.7. The number of hydrogen-bond acceptors (Lipinski definition) is 6. The zero-order valence-electron chi connectivity index (χ0n) is 17.8. The normalized spacial score (nSPS) is 10.6. The predicted octanol–water partition coefficient (Wildman–Crippen LogP) is 3.66. The first-order valence-corrected chi connectivity index (χ1v) is 9.75. The van der Waals surface area contributed by atoms with Crippen molar-refractivity contribution in [3.63, 3.8) is 0 Å². The smallest absolute Gasteiger partial charge is 0.279 e. The van der Waals surface area contributed by atoms with E-state index in [2.05, 4.69) is 10.4 Å². The Morgan fingerprint density at radius 1 is 0.844 bits per heavy atom. The Kier molecular flexibility index (Phi) is 5.76. The van der Waals surface area contributed by atoms with Gasteiger partial charge in [-0.2, -0.15) is 9.78 Å². The monoisotopic (exact) mass is 431 g/mol. The fourth-order valence-corrected chi connectivity index (χ4v) is 3.36. The van der Waals surface area contributed by atoms with Gasteiger partial charge in [-0.25, -0.2) is 0 Å². The molecule has 0 radical (unpaired) electrons. The first-order valence-electron chi connectivity index (χ1n) is 9.75. The summed E-state index contributed by atoms with van der Waals surface area (Å²) >= 11 is 0. The Balaban J connectivity index is 1.84. The molecule has 8 nitrogen and oxygen atoms in total. The summed E-state index contributed by atoms with van der Waals surface area (Å²) < 4.78 is 17.0. The molecule has 0 saturated carbocycles. The van der Waals surface area contributed by atoms with E-state index in [1.54, 1.807) is 73.8 Å². The minimum atomic E-state index is -0.485. The molecule has 32 heavy (non-hydrogen) atoms. The molecule has 0 aliphatic rings. The predicted molar refractivity (Wildman–Crippen MR) is 121 cm³/mol. The summed E-state index contributed by atoms with van der Waals surface area (Å²) in [4.78, 5) is 26.4. The Morgan fingerprint density at radius 3 is 2.28 bits per heavy atom. The van der Waals surface area contributed by atoms with Crippen LogP contribution in [0.15, 0.2) is 71.5 Å². The highest BCUT2D eigenvalue weighted by Crippen LogP contribution is 2.29. The van der Waals surface area contributed by atoms with E-state index in [9.17, 15) is 9.59 Å². The van der Waals surface area contributed by atoms with Gasteiger partial charge in [0, 0.05) is 17.5 Å². The molecule has 4 rings (SSSR count). The molecular formula is C24H21N3O5. The third-order valence-electron chi connectivity index (χ3n) is 4.97. The Bertz CT molecular complexity index is 1360. The highest BCUT2D eigenvalue weighted by atomic mass is 16.5. The topological polar surface area (TPSA) is 91.7 Å². The van der Waals surface area contributed by atoms with Crippen LogP contribution in [0.25, 0.3) is 16.5 Å². The molecule has 4 aromatic rings. The van der Waals surface area contributed by atoms with Crippen LogP contribution in [0.2, 0.25) is 0 Å². The number of fused-ring (bicyclic) bond motifs is 1. The van der Waals surface area contributed by atoms with E-state index in [4.69, 9.17) is 14.2 Å². The van der Waals surface area contributed by atoms with Gasteiger partial charge in [0.2, 0.25) is 0 Å². The minimum Gasteiger partial charge on any atom is -0.497 e. The minimum absolute atomic E-state index is 0.0980. The van der Waals surface area contributed by atoms with Crippen molar-refractivity contribution in [2.45, 2.75) is 0 Å². The van der Waals surface area contributed by atoms with Crippen LogP contribution in [0.3, 0.4) is 0 Å². The van der Waals surface area contributed by atoms with Gasteiger partial charge >= 0.3 is 0 Å². The highest BCUT2D eigenvalue weighted by Gasteiger charge is 2.19. The fourth-order valence-electron chi connectivity index (χ4n) is 3.36. The molecule has 0 bridgehead atoms. The second-order valence-corrected chi connectivity index (χ2v) is 6.83. The summed E-state index contributed by atoms with van der Waals surface area (Å²) in [7, 11) is 4.59. The molecular weight excluding hydrogens is 410 g/mol. The van der Waals surface area contributed by atoms with Crippen LogP contribution in [0.5, 0.6) is 17.2 Å². The molecule has 0 spiro atoms. The number of carbonyl (C=O) groups excluding carboxylic acids is 1. The molecule has 1 N–H and O–H groups in total. The Morgan fingerprint density at radius 2 is 1.56 bits per heavy atom. The fraction of sp³-hybridized carbons (Fsp3) is 0.125. The van der Waals surface area contributed by atoms with Crippen LogP contribution in [0, 0.1) is 0 Å². The Labute approximate surface area is 184 Å². The summed E-state index contributed by atoms with van der Waals surface area (Å²) in [5.41, 5.74) is 0.688. The average Bonchev–Trinajstić information content (AvgIpc) is 2.84. The van der Waals surface area contributed by atoms with Gasteiger partial charge in [0.05, 0.1) is 38.1 Å². The average molecular weight is 431 g/mol. The van der Waals surface area contributed by atoms with Crippen molar-refractivity contribution in [2.75, 3.05) is 26.6 Å². The van der Waals surface area contributed by atoms with Crippen molar-refractivity contribution in [3.05, 3.63) is 82.8 Å². The van der Waals surface area contributed by atoms with E-state index >= 15 is 0 Å². The third kappa shape index (κ3) is 3.85. The number of ether oxygens (including phenoxy) is 3. The van der Waals surface area contributed by atoms with Crippen LogP contribution in [-0.4, -0.2) is 37.0 Å². The van der Waals surface area contributed by atoms with Crippen LogP contribution in [-0.2, 0) is 0 Å². The number of aromatic nitrogens is 2. The van der Waals surface area contributed by atoms with Gasteiger partial charge < -0.3 is 19.5 Å². The number of nitrogens with one attached hydrogen (secondary N) is 1. The third-order valence-corrected chi connectivity index (χ3v) is 4.97. The van der Waals surface area contributed by atoms with Crippen molar-refractivity contribution >= 4 is 22.4 Å². The maximum atomic E-state index is 13.3. The van der Waals surface area contributed by atoms with E-state index in [0.717, 1.165) is 0 Å². The Hall–Kier alpha value is -4.33. The second kappa shape index (κ2) is 8.81. The van der Waals surface area contributed by atoms with Crippen LogP contribution < -0.4 is 25.1 Å². The zero-order valence-corrected chi connectivity index (χ0v) is 17.8. The molecule has 0 unspecified atom stereocenters. The van der Waals surface area contributed by atoms with Crippen molar-refractivity contribution in [1.82, 2.24) is 9.78 Å². The van der Waals surface area contributed by atoms with Gasteiger partial charge in [-0.3, -0.25) is 9.59 Å².